The molecule has 0 atom stereocenters. The SMILES string of the molecule is O=C(NC1(C(=O)O)CCCCCC1)c1ccc(C2SCCS2)cc1. The average molecular weight is 366 g/mol. The molecule has 6 heteroatoms. The van der Waals surface area contributed by atoms with Crippen LogP contribution in [0, 0.1) is 0 Å². The lowest BCUT2D eigenvalue weighted by Crippen LogP contribution is -2.54. The number of rotatable bonds is 4. The first-order valence-corrected chi connectivity index (χ1v) is 10.6. The molecule has 2 fully saturated rings. The number of nitrogens with one attached hydrogen (secondary N) is 1. The Morgan fingerprint density at radius 1 is 1.00 bits per heavy atom. The van der Waals surface area contributed by atoms with Crippen molar-refractivity contribution >= 4 is 35.4 Å². The van der Waals surface area contributed by atoms with Gasteiger partial charge in [0, 0.05) is 17.1 Å². The second kappa shape index (κ2) is 7.83. The minimum absolute atomic E-state index is 0.280. The van der Waals surface area contributed by atoms with Gasteiger partial charge in [0.05, 0.1) is 4.58 Å². The third-order valence-corrected chi connectivity index (χ3v) is 7.89. The summed E-state index contributed by atoms with van der Waals surface area (Å²) in [5.41, 5.74) is 0.654. The molecule has 4 nitrogen and oxygen atoms in total. The molecule has 24 heavy (non-hydrogen) atoms. The fourth-order valence-corrected chi connectivity index (χ4v) is 6.22. The Balaban J connectivity index is 1.71. The van der Waals surface area contributed by atoms with Crippen LogP contribution in [0.5, 0.6) is 0 Å². The normalized spacial score (nSPS) is 21.2. The first-order valence-electron chi connectivity index (χ1n) is 8.50. The van der Waals surface area contributed by atoms with E-state index in [9.17, 15) is 14.7 Å². The van der Waals surface area contributed by atoms with Crippen LogP contribution in [0.3, 0.4) is 0 Å². The maximum absolute atomic E-state index is 12.6. The van der Waals surface area contributed by atoms with Crippen LogP contribution in [0.25, 0.3) is 0 Å². The van der Waals surface area contributed by atoms with Crippen molar-refractivity contribution in [3.05, 3.63) is 35.4 Å². The van der Waals surface area contributed by atoms with Crippen molar-refractivity contribution in [2.24, 2.45) is 0 Å². The van der Waals surface area contributed by atoms with E-state index in [1.165, 1.54) is 17.1 Å². The highest BCUT2D eigenvalue weighted by Crippen LogP contribution is 2.45. The second-order valence-electron chi connectivity index (χ2n) is 6.45. The zero-order valence-corrected chi connectivity index (χ0v) is 15.3. The van der Waals surface area contributed by atoms with Gasteiger partial charge in [0.25, 0.3) is 5.91 Å². The fraction of sp³-hybridized carbons (Fsp3) is 0.556. The lowest BCUT2D eigenvalue weighted by atomic mass is 9.90. The largest absolute Gasteiger partial charge is 0.480 e. The maximum atomic E-state index is 12.6. The van der Waals surface area contributed by atoms with E-state index in [0.29, 0.717) is 23.0 Å². The standard InChI is InChI=1S/C18H23NO3S2/c20-15(19-18(17(21)22)9-3-1-2-4-10-18)13-5-7-14(8-6-13)16-23-11-12-24-16/h5-8,16H,1-4,9-12H2,(H,19,20)(H,21,22). The first kappa shape index (κ1) is 17.7. The number of hydrogen-bond acceptors (Lipinski definition) is 4. The van der Waals surface area contributed by atoms with Gasteiger partial charge in [0.2, 0.25) is 0 Å². The molecule has 0 bridgehead atoms. The summed E-state index contributed by atoms with van der Waals surface area (Å²) >= 11 is 3.86. The lowest BCUT2D eigenvalue weighted by molar-refractivity contribution is -0.145. The Hall–Kier alpha value is -1.14. The highest BCUT2D eigenvalue weighted by atomic mass is 32.2. The van der Waals surface area contributed by atoms with Crippen LogP contribution in [0.4, 0.5) is 0 Å². The number of carboxylic acids is 1. The topological polar surface area (TPSA) is 66.4 Å². The van der Waals surface area contributed by atoms with Crippen LogP contribution < -0.4 is 5.32 Å². The molecule has 1 aliphatic carbocycles. The summed E-state index contributed by atoms with van der Waals surface area (Å²) in [7, 11) is 0. The number of benzene rings is 1. The van der Waals surface area contributed by atoms with Crippen LogP contribution in [0.2, 0.25) is 0 Å². The van der Waals surface area contributed by atoms with Crippen molar-refractivity contribution in [2.75, 3.05) is 11.5 Å². The Morgan fingerprint density at radius 2 is 1.58 bits per heavy atom. The zero-order valence-electron chi connectivity index (χ0n) is 13.6. The summed E-state index contributed by atoms with van der Waals surface area (Å²) in [6.07, 6.45) is 4.80. The monoisotopic (exact) mass is 365 g/mol. The predicted molar refractivity (Wildman–Crippen MR) is 99.6 cm³/mol. The molecular weight excluding hydrogens is 342 g/mol. The summed E-state index contributed by atoms with van der Waals surface area (Å²) < 4.78 is 0.453. The summed E-state index contributed by atoms with van der Waals surface area (Å²) in [6.45, 7) is 0. The molecule has 1 saturated carbocycles. The summed E-state index contributed by atoms with van der Waals surface area (Å²) in [5.74, 6) is 1.14. The van der Waals surface area contributed by atoms with Crippen molar-refractivity contribution < 1.29 is 14.7 Å². The molecule has 0 spiro atoms. The van der Waals surface area contributed by atoms with E-state index in [-0.39, 0.29) is 5.91 Å². The molecule has 2 aliphatic rings. The van der Waals surface area contributed by atoms with Gasteiger partial charge < -0.3 is 10.4 Å². The highest BCUT2D eigenvalue weighted by Gasteiger charge is 2.40. The van der Waals surface area contributed by atoms with Gasteiger partial charge in [0.1, 0.15) is 5.54 Å². The molecular formula is C18H23NO3S2. The van der Waals surface area contributed by atoms with Crippen LogP contribution in [-0.2, 0) is 4.79 Å². The minimum Gasteiger partial charge on any atom is -0.480 e. The van der Waals surface area contributed by atoms with Crippen molar-refractivity contribution in [2.45, 2.75) is 48.6 Å². The predicted octanol–water partition coefficient (Wildman–Crippen LogP) is 4.07. The number of carbonyl (C=O) groups is 2. The number of carbonyl (C=O) groups excluding carboxylic acids is 1. The average Bonchev–Trinajstić information content (AvgIpc) is 3.02. The van der Waals surface area contributed by atoms with Gasteiger partial charge in [-0.2, -0.15) is 0 Å². The molecule has 3 rings (SSSR count). The van der Waals surface area contributed by atoms with Crippen LogP contribution in [0.1, 0.15) is 59.0 Å². The van der Waals surface area contributed by atoms with Crippen molar-refractivity contribution in [1.29, 1.82) is 0 Å². The number of carboxylic acid groups (broad SMARTS) is 1. The molecule has 0 radical (unpaired) electrons. The van der Waals surface area contributed by atoms with E-state index in [4.69, 9.17) is 0 Å². The molecule has 1 aromatic carbocycles. The third kappa shape index (κ3) is 3.91. The van der Waals surface area contributed by atoms with Gasteiger partial charge in [-0.1, -0.05) is 37.8 Å². The van der Waals surface area contributed by atoms with Gasteiger partial charge in [-0.3, -0.25) is 4.79 Å². The van der Waals surface area contributed by atoms with Gasteiger partial charge in [-0.15, -0.1) is 23.5 Å². The third-order valence-electron chi connectivity index (χ3n) is 4.79. The molecule has 1 aromatic rings. The summed E-state index contributed by atoms with van der Waals surface area (Å²) in [4.78, 5) is 24.4. The first-order chi connectivity index (χ1) is 11.6. The van der Waals surface area contributed by atoms with E-state index >= 15 is 0 Å². The molecule has 0 aromatic heterocycles. The molecule has 1 saturated heterocycles. The van der Waals surface area contributed by atoms with Crippen molar-refractivity contribution in [3.8, 4) is 0 Å². The van der Waals surface area contributed by atoms with Gasteiger partial charge in [-0.05, 0) is 30.5 Å². The molecule has 1 heterocycles. The van der Waals surface area contributed by atoms with E-state index in [0.717, 1.165) is 25.7 Å². The zero-order chi connectivity index (χ0) is 17.0. The molecule has 0 unspecified atom stereocenters. The minimum atomic E-state index is -1.11. The summed E-state index contributed by atoms with van der Waals surface area (Å²) in [6, 6.07) is 7.61. The van der Waals surface area contributed by atoms with Gasteiger partial charge in [-0.25, -0.2) is 4.79 Å². The van der Waals surface area contributed by atoms with Gasteiger partial charge >= 0.3 is 5.97 Å². The Morgan fingerprint density at radius 3 is 2.12 bits per heavy atom. The molecule has 1 amide bonds. The quantitative estimate of drug-likeness (QED) is 0.787. The number of aliphatic carboxylic acids is 1. The number of thioether (sulfide) groups is 2. The Kier molecular flexibility index (Phi) is 5.76. The number of amides is 1. The smallest absolute Gasteiger partial charge is 0.329 e. The van der Waals surface area contributed by atoms with E-state index in [1.807, 2.05) is 47.8 Å². The van der Waals surface area contributed by atoms with Gasteiger partial charge in [0.15, 0.2) is 0 Å². The Labute approximate surface area is 151 Å². The van der Waals surface area contributed by atoms with E-state index in [1.54, 1.807) is 0 Å². The van der Waals surface area contributed by atoms with Crippen LogP contribution >= 0.6 is 23.5 Å². The van der Waals surface area contributed by atoms with E-state index < -0.39 is 11.5 Å². The number of hydrogen-bond donors (Lipinski definition) is 2. The molecule has 130 valence electrons. The molecule has 2 N–H and O–H groups in total. The highest BCUT2D eigenvalue weighted by molar-refractivity contribution is 8.19. The maximum Gasteiger partial charge on any atom is 0.329 e. The van der Waals surface area contributed by atoms with Crippen LogP contribution in [-0.4, -0.2) is 34.0 Å². The van der Waals surface area contributed by atoms with E-state index in [2.05, 4.69) is 5.32 Å². The summed E-state index contributed by atoms with van der Waals surface area (Å²) in [5, 5.41) is 12.5. The Bertz CT molecular complexity index is 589. The lowest BCUT2D eigenvalue weighted by Gasteiger charge is -2.29. The molecule has 1 aliphatic heterocycles. The second-order valence-corrected chi connectivity index (χ2v) is 9.18. The van der Waals surface area contributed by atoms with Crippen LogP contribution in [0.15, 0.2) is 24.3 Å². The van der Waals surface area contributed by atoms with Crippen molar-refractivity contribution in [1.82, 2.24) is 5.32 Å². The fourth-order valence-electron chi connectivity index (χ4n) is 3.36. The van der Waals surface area contributed by atoms with Crippen molar-refractivity contribution in [3.63, 3.8) is 0 Å².